The molecule has 3 heterocycles. The summed E-state index contributed by atoms with van der Waals surface area (Å²) in [7, 11) is 2.10. The van der Waals surface area contributed by atoms with Crippen LogP contribution in [0.4, 0.5) is 0 Å². The Kier molecular flexibility index (Phi) is 4.29. The van der Waals surface area contributed by atoms with Crippen molar-refractivity contribution in [3.05, 3.63) is 41.8 Å². The molecule has 1 saturated heterocycles. The maximum absolute atomic E-state index is 5.53. The largest absolute Gasteiger partial charge is 0.339 e. The van der Waals surface area contributed by atoms with E-state index >= 15 is 0 Å². The monoisotopic (exact) mass is 339 g/mol. The van der Waals surface area contributed by atoms with E-state index in [0.29, 0.717) is 11.8 Å². The molecule has 25 heavy (non-hydrogen) atoms. The van der Waals surface area contributed by atoms with Crippen LogP contribution in [0.1, 0.15) is 56.1 Å². The SMILES string of the molecule is CC(C)c1noc(C2CCCN(Cc3nc4ccccc4n3C)C2)n1. The highest BCUT2D eigenvalue weighted by atomic mass is 16.5. The van der Waals surface area contributed by atoms with Gasteiger partial charge in [-0.1, -0.05) is 31.1 Å². The first-order valence-corrected chi connectivity index (χ1v) is 9.08. The molecule has 1 aliphatic rings. The Balaban J connectivity index is 1.49. The molecule has 1 aliphatic heterocycles. The van der Waals surface area contributed by atoms with Gasteiger partial charge in [0.1, 0.15) is 5.82 Å². The number of rotatable bonds is 4. The molecule has 0 bridgehead atoms. The van der Waals surface area contributed by atoms with E-state index in [9.17, 15) is 0 Å². The molecule has 1 fully saturated rings. The van der Waals surface area contributed by atoms with Crippen molar-refractivity contribution in [2.24, 2.45) is 7.05 Å². The molecule has 1 atom stereocenters. The molecule has 0 aliphatic carbocycles. The van der Waals surface area contributed by atoms with Crippen LogP contribution in [0, 0.1) is 0 Å². The van der Waals surface area contributed by atoms with Gasteiger partial charge in [-0.05, 0) is 31.5 Å². The van der Waals surface area contributed by atoms with E-state index in [4.69, 9.17) is 9.51 Å². The van der Waals surface area contributed by atoms with Crippen LogP contribution in [0.5, 0.6) is 0 Å². The van der Waals surface area contributed by atoms with E-state index in [2.05, 4.69) is 58.7 Å². The van der Waals surface area contributed by atoms with Gasteiger partial charge in [-0.25, -0.2) is 4.98 Å². The normalized spacial score (nSPS) is 19.1. The van der Waals surface area contributed by atoms with Crippen molar-refractivity contribution < 1.29 is 4.52 Å². The highest BCUT2D eigenvalue weighted by Gasteiger charge is 2.27. The smallest absolute Gasteiger partial charge is 0.231 e. The van der Waals surface area contributed by atoms with Crippen LogP contribution in [-0.2, 0) is 13.6 Å². The first-order valence-electron chi connectivity index (χ1n) is 9.08. The third-order valence-electron chi connectivity index (χ3n) is 5.07. The van der Waals surface area contributed by atoms with E-state index in [0.717, 1.165) is 55.5 Å². The molecule has 0 spiro atoms. The fourth-order valence-corrected chi connectivity index (χ4v) is 3.59. The van der Waals surface area contributed by atoms with Crippen molar-refractivity contribution in [2.45, 2.75) is 45.1 Å². The van der Waals surface area contributed by atoms with Crippen molar-refractivity contribution in [2.75, 3.05) is 13.1 Å². The predicted octanol–water partition coefficient (Wildman–Crippen LogP) is 3.46. The van der Waals surface area contributed by atoms with Gasteiger partial charge >= 0.3 is 0 Å². The maximum atomic E-state index is 5.53. The van der Waals surface area contributed by atoms with Crippen LogP contribution in [0.25, 0.3) is 11.0 Å². The Morgan fingerprint density at radius 2 is 2.08 bits per heavy atom. The van der Waals surface area contributed by atoms with Gasteiger partial charge in [0.05, 0.1) is 23.5 Å². The quantitative estimate of drug-likeness (QED) is 0.728. The predicted molar refractivity (Wildman–Crippen MR) is 96.4 cm³/mol. The summed E-state index contributed by atoms with van der Waals surface area (Å²) in [6.45, 7) is 7.07. The van der Waals surface area contributed by atoms with Gasteiger partial charge in [-0.3, -0.25) is 4.90 Å². The number of aryl methyl sites for hydroxylation is 1. The lowest BCUT2D eigenvalue weighted by molar-refractivity contribution is 0.175. The standard InChI is InChI=1S/C19H25N5O/c1-13(2)18-21-19(25-22-18)14-7-6-10-24(11-14)12-17-20-15-8-4-5-9-16(15)23(17)3/h4-5,8-9,13-14H,6-7,10-12H2,1-3H3. The Morgan fingerprint density at radius 1 is 1.24 bits per heavy atom. The van der Waals surface area contributed by atoms with Crippen LogP contribution in [-0.4, -0.2) is 37.7 Å². The van der Waals surface area contributed by atoms with Gasteiger partial charge in [-0.15, -0.1) is 0 Å². The number of likely N-dealkylation sites (tertiary alicyclic amines) is 1. The Hall–Kier alpha value is -2.21. The summed E-state index contributed by atoms with van der Waals surface area (Å²) < 4.78 is 7.72. The Morgan fingerprint density at radius 3 is 2.84 bits per heavy atom. The van der Waals surface area contributed by atoms with E-state index in [-0.39, 0.29) is 0 Å². The summed E-state index contributed by atoms with van der Waals surface area (Å²) in [6.07, 6.45) is 2.26. The Bertz CT molecular complexity index is 866. The number of imidazole rings is 1. The van der Waals surface area contributed by atoms with Gasteiger partial charge in [-0.2, -0.15) is 4.98 Å². The molecule has 4 rings (SSSR count). The maximum Gasteiger partial charge on any atom is 0.231 e. The van der Waals surface area contributed by atoms with E-state index in [1.165, 1.54) is 5.52 Å². The van der Waals surface area contributed by atoms with Crippen molar-refractivity contribution >= 4 is 11.0 Å². The number of para-hydroxylation sites is 2. The lowest BCUT2D eigenvalue weighted by atomic mass is 9.98. The molecule has 132 valence electrons. The van der Waals surface area contributed by atoms with Crippen molar-refractivity contribution in [3.8, 4) is 0 Å². The van der Waals surface area contributed by atoms with Crippen LogP contribution < -0.4 is 0 Å². The minimum Gasteiger partial charge on any atom is -0.339 e. The molecule has 0 saturated carbocycles. The molecule has 3 aromatic rings. The number of nitrogens with zero attached hydrogens (tertiary/aromatic N) is 5. The minimum absolute atomic E-state index is 0.303. The van der Waals surface area contributed by atoms with Crippen LogP contribution in [0.2, 0.25) is 0 Å². The fraction of sp³-hybridized carbons (Fsp3) is 0.526. The summed E-state index contributed by atoms with van der Waals surface area (Å²) in [5.41, 5.74) is 2.25. The zero-order valence-corrected chi connectivity index (χ0v) is 15.1. The van der Waals surface area contributed by atoms with E-state index in [1.54, 1.807) is 0 Å². The summed E-state index contributed by atoms with van der Waals surface area (Å²) in [4.78, 5) is 11.9. The lowest BCUT2D eigenvalue weighted by Gasteiger charge is -2.30. The second kappa shape index (κ2) is 6.59. The lowest BCUT2D eigenvalue weighted by Crippen LogP contribution is -2.34. The zero-order chi connectivity index (χ0) is 17.4. The molecule has 6 heteroatoms. The number of hydrogen-bond donors (Lipinski definition) is 0. The van der Waals surface area contributed by atoms with Crippen molar-refractivity contribution in [1.29, 1.82) is 0 Å². The minimum atomic E-state index is 0.303. The van der Waals surface area contributed by atoms with Crippen molar-refractivity contribution in [3.63, 3.8) is 0 Å². The number of aromatic nitrogens is 4. The van der Waals surface area contributed by atoms with Gasteiger partial charge in [0, 0.05) is 19.5 Å². The molecule has 0 amide bonds. The molecule has 1 unspecified atom stereocenters. The van der Waals surface area contributed by atoms with E-state index in [1.807, 2.05) is 6.07 Å². The van der Waals surface area contributed by atoms with E-state index < -0.39 is 0 Å². The summed E-state index contributed by atoms with van der Waals surface area (Å²) in [5.74, 6) is 3.33. The average molecular weight is 339 g/mol. The van der Waals surface area contributed by atoms with Gasteiger partial charge in [0.2, 0.25) is 5.89 Å². The topological polar surface area (TPSA) is 60.0 Å². The third kappa shape index (κ3) is 3.18. The molecule has 0 N–H and O–H groups in total. The first kappa shape index (κ1) is 16.3. The van der Waals surface area contributed by atoms with Gasteiger partial charge in [0.25, 0.3) is 0 Å². The molecule has 0 radical (unpaired) electrons. The van der Waals surface area contributed by atoms with Crippen LogP contribution in [0.15, 0.2) is 28.8 Å². The second-order valence-electron chi connectivity index (χ2n) is 7.30. The number of fused-ring (bicyclic) bond motifs is 1. The number of hydrogen-bond acceptors (Lipinski definition) is 5. The highest BCUT2D eigenvalue weighted by Crippen LogP contribution is 2.28. The van der Waals surface area contributed by atoms with Gasteiger partial charge < -0.3 is 9.09 Å². The van der Waals surface area contributed by atoms with Crippen LogP contribution in [0.3, 0.4) is 0 Å². The zero-order valence-electron chi connectivity index (χ0n) is 15.1. The van der Waals surface area contributed by atoms with Crippen molar-refractivity contribution in [1.82, 2.24) is 24.6 Å². The molecular weight excluding hydrogens is 314 g/mol. The third-order valence-corrected chi connectivity index (χ3v) is 5.07. The fourth-order valence-electron chi connectivity index (χ4n) is 3.59. The Labute approximate surface area is 147 Å². The van der Waals surface area contributed by atoms with Crippen LogP contribution >= 0.6 is 0 Å². The summed E-state index contributed by atoms with van der Waals surface area (Å²) in [6, 6.07) is 8.30. The average Bonchev–Trinajstić information content (AvgIpc) is 3.22. The summed E-state index contributed by atoms with van der Waals surface area (Å²) in [5, 5.41) is 4.12. The van der Waals surface area contributed by atoms with Gasteiger partial charge in [0.15, 0.2) is 5.82 Å². The highest BCUT2D eigenvalue weighted by molar-refractivity contribution is 5.75. The molecular formula is C19H25N5O. The number of benzene rings is 1. The molecule has 6 nitrogen and oxygen atoms in total. The second-order valence-corrected chi connectivity index (χ2v) is 7.30. The molecule has 2 aromatic heterocycles. The number of piperidine rings is 1. The summed E-state index contributed by atoms with van der Waals surface area (Å²) >= 11 is 0. The first-order chi connectivity index (χ1) is 12.1. The molecule has 1 aromatic carbocycles.